The van der Waals surface area contributed by atoms with Gasteiger partial charge in [-0.1, -0.05) is 62.2 Å². The van der Waals surface area contributed by atoms with Crippen molar-refractivity contribution in [1.82, 2.24) is 10.6 Å². The van der Waals surface area contributed by atoms with Gasteiger partial charge in [-0.05, 0) is 35.1 Å². The number of carbonyl (C=O) groups is 3. The van der Waals surface area contributed by atoms with Gasteiger partial charge in [0.15, 0.2) is 6.61 Å². The minimum Gasteiger partial charge on any atom is -0.455 e. The zero-order chi connectivity index (χ0) is 19.9. The highest BCUT2D eigenvalue weighted by Gasteiger charge is 2.23. The van der Waals surface area contributed by atoms with Crippen LogP contribution in [0, 0.1) is 5.92 Å². The molecule has 2 aromatic carbocycles. The second-order valence-corrected chi connectivity index (χ2v) is 7.37. The van der Waals surface area contributed by atoms with Gasteiger partial charge in [0.2, 0.25) is 0 Å². The standard InChI is InChI=1S/C22H26N2O4/c1-15-7-2-5-12-19(15)23-22(27)24-20(25)14-28-21(26)13-17-10-6-9-16-8-3-4-11-18(16)17/h3-4,6,8-11,15,19H,2,5,7,12-14H2,1H3,(H2,23,24,25,27)/t15-,19-/m0/s1. The van der Waals surface area contributed by atoms with Gasteiger partial charge in [0.1, 0.15) is 0 Å². The van der Waals surface area contributed by atoms with Crippen LogP contribution in [0.15, 0.2) is 42.5 Å². The number of imide groups is 1. The van der Waals surface area contributed by atoms with Crippen molar-refractivity contribution in [1.29, 1.82) is 0 Å². The molecule has 6 nitrogen and oxygen atoms in total. The fourth-order valence-corrected chi connectivity index (χ4v) is 3.70. The molecule has 2 aromatic rings. The molecule has 1 saturated carbocycles. The number of fused-ring (bicyclic) bond motifs is 1. The topological polar surface area (TPSA) is 84.5 Å². The Labute approximate surface area is 164 Å². The Morgan fingerprint density at radius 2 is 1.79 bits per heavy atom. The van der Waals surface area contributed by atoms with E-state index in [4.69, 9.17) is 4.74 Å². The van der Waals surface area contributed by atoms with Crippen molar-refractivity contribution in [3.8, 4) is 0 Å². The quantitative estimate of drug-likeness (QED) is 0.777. The fraction of sp³-hybridized carbons (Fsp3) is 0.409. The van der Waals surface area contributed by atoms with Crippen LogP contribution in [0.25, 0.3) is 10.8 Å². The molecule has 1 aliphatic carbocycles. The van der Waals surface area contributed by atoms with Gasteiger partial charge in [0.05, 0.1) is 6.42 Å². The molecular weight excluding hydrogens is 356 g/mol. The molecule has 2 N–H and O–H groups in total. The van der Waals surface area contributed by atoms with Crippen molar-refractivity contribution in [2.75, 3.05) is 6.61 Å². The van der Waals surface area contributed by atoms with Crippen LogP contribution in [-0.4, -0.2) is 30.6 Å². The average molecular weight is 382 g/mol. The van der Waals surface area contributed by atoms with Crippen LogP contribution in [0.3, 0.4) is 0 Å². The Balaban J connectivity index is 1.45. The van der Waals surface area contributed by atoms with E-state index in [9.17, 15) is 14.4 Å². The third kappa shape index (κ3) is 5.31. The largest absolute Gasteiger partial charge is 0.455 e. The summed E-state index contributed by atoms with van der Waals surface area (Å²) in [6, 6.07) is 13.0. The van der Waals surface area contributed by atoms with E-state index >= 15 is 0 Å². The molecule has 2 atom stereocenters. The zero-order valence-corrected chi connectivity index (χ0v) is 16.1. The van der Waals surface area contributed by atoms with Crippen LogP contribution < -0.4 is 10.6 Å². The molecule has 0 saturated heterocycles. The third-order valence-corrected chi connectivity index (χ3v) is 5.26. The maximum atomic E-state index is 12.1. The molecule has 0 unspecified atom stereocenters. The number of rotatable bonds is 5. The molecule has 0 spiro atoms. The van der Waals surface area contributed by atoms with Crippen molar-refractivity contribution < 1.29 is 19.1 Å². The molecule has 0 aliphatic heterocycles. The Morgan fingerprint density at radius 1 is 1.04 bits per heavy atom. The number of hydrogen-bond acceptors (Lipinski definition) is 4. The van der Waals surface area contributed by atoms with Crippen molar-refractivity contribution in [2.24, 2.45) is 5.92 Å². The van der Waals surface area contributed by atoms with Gasteiger partial charge in [0, 0.05) is 6.04 Å². The lowest BCUT2D eigenvalue weighted by atomic mass is 9.86. The summed E-state index contributed by atoms with van der Waals surface area (Å²) in [5, 5.41) is 7.09. The smallest absolute Gasteiger partial charge is 0.321 e. The predicted molar refractivity (Wildman–Crippen MR) is 107 cm³/mol. The maximum absolute atomic E-state index is 12.1. The van der Waals surface area contributed by atoms with Gasteiger partial charge in [-0.25, -0.2) is 4.79 Å². The van der Waals surface area contributed by atoms with Crippen molar-refractivity contribution in [2.45, 2.75) is 45.1 Å². The summed E-state index contributed by atoms with van der Waals surface area (Å²) in [7, 11) is 0. The summed E-state index contributed by atoms with van der Waals surface area (Å²) in [5.41, 5.74) is 0.840. The minimum absolute atomic E-state index is 0.0699. The molecule has 3 amide bonds. The van der Waals surface area contributed by atoms with Crippen LogP contribution in [0.5, 0.6) is 0 Å². The van der Waals surface area contributed by atoms with Crippen LogP contribution in [0.4, 0.5) is 4.79 Å². The summed E-state index contributed by atoms with van der Waals surface area (Å²) in [6.45, 7) is 1.62. The third-order valence-electron chi connectivity index (χ3n) is 5.26. The zero-order valence-electron chi connectivity index (χ0n) is 16.1. The highest BCUT2D eigenvalue weighted by Crippen LogP contribution is 2.23. The summed E-state index contributed by atoms with van der Waals surface area (Å²) in [6.07, 6.45) is 4.31. The van der Waals surface area contributed by atoms with Crippen LogP contribution in [-0.2, 0) is 20.7 Å². The van der Waals surface area contributed by atoms with Crippen LogP contribution in [0.1, 0.15) is 38.2 Å². The van der Waals surface area contributed by atoms with E-state index < -0.39 is 24.5 Å². The molecule has 6 heteroatoms. The normalized spacial score (nSPS) is 19.0. The van der Waals surface area contributed by atoms with Gasteiger partial charge in [-0.3, -0.25) is 14.9 Å². The van der Waals surface area contributed by atoms with E-state index in [0.717, 1.165) is 35.6 Å². The van der Waals surface area contributed by atoms with Crippen LogP contribution >= 0.6 is 0 Å². The molecule has 0 radical (unpaired) electrons. The van der Waals surface area contributed by atoms with Gasteiger partial charge in [0.25, 0.3) is 5.91 Å². The summed E-state index contributed by atoms with van der Waals surface area (Å²) in [5.74, 6) is -0.742. The number of urea groups is 1. The first-order valence-corrected chi connectivity index (χ1v) is 9.75. The molecule has 28 heavy (non-hydrogen) atoms. The number of carbonyl (C=O) groups excluding carboxylic acids is 3. The molecule has 1 aliphatic rings. The maximum Gasteiger partial charge on any atom is 0.321 e. The molecule has 148 valence electrons. The Kier molecular flexibility index (Phi) is 6.63. The second-order valence-electron chi connectivity index (χ2n) is 7.37. The number of amides is 3. The lowest BCUT2D eigenvalue weighted by Gasteiger charge is -2.29. The van der Waals surface area contributed by atoms with Crippen LogP contribution in [0.2, 0.25) is 0 Å². The monoisotopic (exact) mass is 382 g/mol. The Morgan fingerprint density at radius 3 is 2.61 bits per heavy atom. The summed E-state index contributed by atoms with van der Waals surface area (Å²) < 4.78 is 5.04. The number of benzene rings is 2. The lowest BCUT2D eigenvalue weighted by Crippen LogP contribution is -2.48. The Bertz CT molecular complexity index is 859. The highest BCUT2D eigenvalue weighted by atomic mass is 16.5. The SMILES string of the molecule is C[C@H]1CCCC[C@@H]1NC(=O)NC(=O)COC(=O)Cc1cccc2ccccc12. The van der Waals surface area contributed by atoms with E-state index in [-0.39, 0.29) is 12.5 Å². The predicted octanol–water partition coefficient (Wildman–Crippen LogP) is 3.33. The van der Waals surface area contributed by atoms with E-state index in [1.165, 1.54) is 6.42 Å². The van der Waals surface area contributed by atoms with E-state index in [1.807, 2.05) is 42.5 Å². The van der Waals surface area contributed by atoms with E-state index in [2.05, 4.69) is 17.6 Å². The van der Waals surface area contributed by atoms with Crippen molar-refractivity contribution >= 4 is 28.7 Å². The van der Waals surface area contributed by atoms with Gasteiger partial charge < -0.3 is 10.1 Å². The van der Waals surface area contributed by atoms with Gasteiger partial charge in [-0.15, -0.1) is 0 Å². The molecule has 1 fully saturated rings. The first kappa shape index (κ1) is 19.9. The van der Waals surface area contributed by atoms with Gasteiger partial charge in [-0.2, -0.15) is 0 Å². The molecular formula is C22H26N2O4. The van der Waals surface area contributed by atoms with E-state index in [0.29, 0.717) is 5.92 Å². The number of nitrogens with one attached hydrogen (secondary N) is 2. The summed E-state index contributed by atoms with van der Waals surface area (Å²) >= 11 is 0. The second kappa shape index (κ2) is 9.35. The van der Waals surface area contributed by atoms with Gasteiger partial charge >= 0.3 is 12.0 Å². The Hall–Kier alpha value is -2.89. The van der Waals surface area contributed by atoms with Crippen molar-refractivity contribution in [3.63, 3.8) is 0 Å². The molecule has 3 rings (SSSR count). The first-order valence-electron chi connectivity index (χ1n) is 9.75. The minimum atomic E-state index is -0.632. The average Bonchev–Trinajstić information content (AvgIpc) is 2.68. The number of ether oxygens (including phenoxy) is 1. The summed E-state index contributed by atoms with van der Waals surface area (Å²) in [4.78, 5) is 36.0. The first-order chi connectivity index (χ1) is 13.5. The number of hydrogen-bond donors (Lipinski definition) is 2. The number of esters is 1. The highest BCUT2D eigenvalue weighted by molar-refractivity contribution is 5.96. The molecule has 0 heterocycles. The van der Waals surface area contributed by atoms with Crippen molar-refractivity contribution in [3.05, 3.63) is 48.0 Å². The molecule has 0 bridgehead atoms. The lowest BCUT2D eigenvalue weighted by molar-refractivity contribution is -0.147. The fourth-order valence-electron chi connectivity index (χ4n) is 3.70. The van der Waals surface area contributed by atoms with E-state index in [1.54, 1.807) is 0 Å². The molecule has 0 aromatic heterocycles.